The fourth-order valence-corrected chi connectivity index (χ4v) is 1.91. The minimum absolute atomic E-state index is 0.0313. The Kier molecular flexibility index (Phi) is 3.72. The Balaban J connectivity index is 2.88. The van der Waals surface area contributed by atoms with Gasteiger partial charge in [0.05, 0.1) is 9.90 Å². The van der Waals surface area contributed by atoms with Crippen LogP contribution in [0.1, 0.15) is 16.6 Å². The molecule has 0 spiro atoms. The predicted molar refractivity (Wildman–Crippen MR) is 61.1 cm³/mol. The monoisotopic (exact) mass is 229 g/mol. The summed E-state index contributed by atoms with van der Waals surface area (Å²) in [4.78, 5) is 14.2. The topological polar surface area (TPSA) is 20.3 Å². The second kappa shape index (κ2) is 4.62. The summed E-state index contributed by atoms with van der Waals surface area (Å²) in [5.41, 5.74) is 0.916. The third-order valence-electron chi connectivity index (χ3n) is 1.89. The van der Waals surface area contributed by atoms with Crippen molar-refractivity contribution in [2.45, 2.75) is 6.92 Å². The second-order valence-corrected chi connectivity index (χ2v) is 4.47. The van der Waals surface area contributed by atoms with Crippen molar-refractivity contribution in [2.75, 3.05) is 14.1 Å². The van der Waals surface area contributed by atoms with E-state index < -0.39 is 0 Å². The quantitative estimate of drug-likeness (QED) is 0.587. The van der Waals surface area contributed by atoms with Crippen molar-refractivity contribution < 1.29 is 4.79 Å². The molecule has 14 heavy (non-hydrogen) atoms. The molecule has 76 valence electrons. The zero-order valence-electron chi connectivity index (χ0n) is 8.37. The number of rotatable bonds is 3. The van der Waals surface area contributed by atoms with Crippen LogP contribution in [0.2, 0.25) is 5.02 Å². The average molecular weight is 230 g/mol. The molecule has 1 heterocycles. The minimum atomic E-state index is -0.0313. The van der Waals surface area contributed by atoms with Gasteiger partial charge in [-0.15, -0.1) is 11.3 Å². The number of ketones is 1. The maximum atomic E-state index is 11.7. The van der Waals surface area contributed by atoms with Gasteiger partial charge in [-0.05, 0) is 18.4 Å². The molecule has 1 aromatic heterocycles. The molecule has 0 atom stereocenters. The van der Waals surface area contributed by atoms with Crippen molar-refractivity contribution in [3.63, 3.8) is 0 Å². The van der Waals surface area contributed by atoms with Crippen LogP contribution in [0.25, 0.3) is 0 Å². The van der Waals surface area contributed by atoms with Gasteiger partial charge in [0.1, 0.15) is 0 Å². The summed E-state index contributed by atoms with van der Waals surface area (Å²) in [5.74, 6) is -0.0313. The van der Waals surface area contributed by atoms with E-state index in [0.717, 1.165) is 5.70 Å². The highest BCUT2D eigenvalue weighted by molar-refractivity contribution is 7.13. The molecule has 1 rings (SSSR count). The number of hydrogen-bond donors (Lipinski definition) is 0. The predicted octanol–water partition coefficient (Wildman–Crippen LogP) is 3.05. The molecule has 0 bridgehead atoms. The molecule has 0 unspecified atom stereocenters. The van der Waals surface area contributed by atoms with E-state index >= 15 is 0 Å². The van der Waals surface area contributed by atoms with Gasteiger partial charge in [0.25, 0.3) is 0 Å². The van der Waals surface area contributed by atoms with Crippen LogP contribution in [-0.2, 0) is 0 Å². The fourth-order valence-electron chi connectivity index (χ4n) is 0.854. The van der Waals surface area contributed by atoms with Gasteiger partial charge in [0.15, 0.2) is 5.78 Å². The van der Waals surface area contributed by atoms with E-state index in [1.54, 1.807) is 12.1 Å². The molecule has 0 aromatic carbocycles. The molecule has 0 amide bonds. The summed E-state index contributed by atoms with van der Waals surface area (Å²) in [6.45, 7) is 1.89. The number of thiophene rings is 1. The summed E-state index contributed by atoms with van der Waals surface area (Å²) >= 11 is 7.21. The van der Waals surface area contributed by atoms with Crippen LogP contribution in [0.4, 0.5) is 0 Å². The molecular formula is C10H12ClNOS. The fraction of sp³-hybridized carbons (Fsp3) is 0.300. The third kappa shape index (κ3) is 2.59. The highest BCUT2D eigenvalue weighted by Gasteiger charge is 2.09. The smallest absolute Gasteiger partial charge is 0.198 e. The van der Waals surface area contributed by atoms with Crippen LogP contribution in [0.3, 0.4) is 0 Å². The normalized spacial score (nSPS) is 11.6. The van der Waals surface area contributed by atoms with Crippen molar-refractivity contribution in [3.8, 4) is 0 Å². The second-order valence-electron chi connectivity index (χ2n) is 3.14. The van der Waals surface area contributed by atoms with E-state index in [4.69, 9.17) is 11.6 Å². The zero-order valence-corrected chi connectivity index (χ0v) is 9.95. The molecule has 0 N–H and O–H groups in total. The third-order valence-corrected chi connectivity index (χ3v) is 3.24. The Morgan fingerprint density at radius 1 is 1.57 bits per heavy atom. The summed E-state index contributed by atoms with van der Waals surface area (Å²) < 4.78 is 0. The lowest BCUT2D eigenvalue weighted by molar-refractivity contribution is 0.104. The first-order valence-corrected chi connectivity index (χ1v) is 5.41. The van der Waals surface area contributed by atoms with E-state index in [9.17, 15) is 4.79 Å². The lowest BCUT2D eigenvalue weighted by Gasteiger charge is -2.11. The zero-order chi connectivity index (χ0) is 10.7. The van der Waals surface area contributed by atoms with Gasteiger partial charge in [-0.25, -0.2) is 0 Å². The molecule has 0 radical (unpaired) electrons. The highest BCUT2D eigenvalue weighted by Crippen LogP contribution is 2.23. The Morgan fingerprint density at radius 2 is 2.21 bits per heavy atom. The van der Waals surface area contributed by atoms with E-state index in [0.29, 0.717) is 9.90 Å². The summed E-state index contributed by atoms with van der Waals surface area (Å²) in [6.07, 6.45) is 1.59. The SMILES string of the molecule is C/C(=C\C(=O)c1sccc1Cl)N(C)C. The summed E-state index contributed by atoms with van der Waals surface area (Å²) in [6, 6.07) is 1.73. The van der Waals surface area contributed by atoms with Gasteiger partial charge in [-0.1, -0.05) is 11.6 Å². The number of nitrogens with zero attached hydrogens (tertiary/aromatic N) is 1. The Hall–Kier alpha value is -0.800. The molecule has 4 heteroatoms. The molecule has 0 saturated carbocycles. The molecule has 1 aromatic rings. The molecule has 0 saturated heterocycles. The summed E-state index contributed by atoms with van der Waals surface area (Å²) in [7, 11) is 3.80. The maximum absolute atomic E-state index is 11.7. The van der Waals surface area contributed by atoms with E-state index in [1.807, 2.05) is 31.3 Å². The lowest BCUT2D eigenvalue weighted by Crippen LogP contribution is -2.09. The molecule has 0 aliphatic rings. The Labute approximate surface area is 92.8 Å². The van der Waals surface area contributed by atoms with Crippen LogP contribution in [-0.4, -0.2) is 24.8 Å². The van der Waals surface area contributed by atoms with Gasteiger partial charge >= 0.3 is 0 Å². The van der Waals surface area contributed by atoms with Crippen LogP contribution < -0.4 is 0 Å². The number of halogens is 1. The number of hydrogen-bond acceptors (Lipinski definition) is 3. The summed E-state index contributed by atoms with van der Waals surface area (Å²) in [5, 5.41) is 2.34. The molecule has 0 aliphatic carbocycles. The van der Waals surface area contributed by atoms with Crippen molar-refractivity contribution in [2.24, 2.45) is 0 Å². The van der Waals surface area contributed by atoms with Crippen LogP contribution >= 0.6 is 22.9 Å². The van der Waals surface area contributed by atoms with Gasteiger partial charge in [-0.3, -0.25) is 4.79 Å². The van der Waals surface area contributed by atoms with Gasteiger partial charge in [-0.2, -0.15) is 0 Å². The average Bonchev–Trinajstić information content (AvgIpc) is 2.51. The highest BCUT2D eigenvalue weighted by atomic mass is 35.5. The van der Waals surface area contributed by atoms with Crippen molar-refractivity contribution in [3.05, 3.63) is 33.1 Å². The van der Waals surface area contributed by atoms with Gasteiger partial charge < -0.3 is 4.90 Å². The lowest BCUT2D eigenvalue weighted by atomic mass is 10.2. The minimum Gasteiger partial charge on any atom is -0.381 e. The largest absolute Gasteiger partial charge is 0.381 e. The van der Waals surface area contributed by atoms with Crippen LogP contribution in [0.5, 0.6) is 0 Å². The Bertz CT molecular complexity index is 368. The first kappa shape index (κ1) is 11.3. The number of carbonyl (C=O) groups is 1. The van der Waals surface area contributed by atoms with Crippen LogP contribution in [0, 0.1) is 0 Å². The number of carbonyl (C=O) groups excluding carboxylic acids is 1. The molecule has 0 aliphatic heterocycles. The van der Waals surface area contributed by atoms with Gasteiger partial charge in [0.2, 0.25) is 0 Å². The Morgan fingerprint density at radius 3 is 2.64 bits per heavy atom. The van der Waals surface area contributed by atoms with Crippen molar-refractivity contribution >= 4 is 28.7 Å². The first-order chi connectivity index (χ1) is 6.52. The molecule has 2 nitrogen and oxygen atoms in total. The van der Waals surface area contributed by atoms with Crippen molar-refractivity contribution in [1.82, 2.24) is 4.90 Å². The maximum Gasteiger partial charge on any atom is 0.198 e. The first-order valence-electron chi connectivity index (χ1n) is 4.15. The number of allylic oxidation sites excluding steroid dienone is 2. The van der Waals surface area contributed by atoms with Gasteiger partial charge in [0, 0.05) is 25.9 Å². The molecule has 0 fully saturated rings. The van der Waals surface area contributed by atoms with Crippen LogP contribution in [0.15, 0.2) is 23.2 Å². The molecular weight excluding hydrogens is 218 g/mol. The van der Waals surface area contributed by atoms with E-state index in [1.165, 1.54) is 11.3 Å². The van der Waals surface area contributed by atoms with E-state index in [2.05, 4.69) is 0 Å². The van der Waals surface area contributed by atoms with Crippen molar-refractivity contribution in [1.29, 1.82) is 0 Å². The standard InChI is InChI=1S/C10H12ClNOS/c1-7(12(2)3)6-9(13)10-8(11)4-5-14-10/h4-6H,1-3H3/b7-6+. The van der Waals surface area contributed by atoms with E-state index in [-0.39, 0.29) is 5.78 Å².